The molecule has 2 N–H and O–H groups in total. The van der Waals surface area contributed by atoms with E-state index in [-0.39, 0.29) is 123 Å². The SMILES string of the molecule is O.[Co].[H-].[H-].[La].[Mn].[Sr+2]. The van der Waals surface area contributed by atoms with Gasteiger partial charge >= 0.3 is 45.5 Å². The van der Waals surface area contributed by atoms with Crippen LogP contribution in [0.1, 0.15) is 2.85 Å². The van der Waals surface area contributed by atoms with Crippen LogP contribution in [0.2, 0.25) is 0 Å². The van der Waals surface area contributed by atoms with E-state index < -0.39 is 0 Å². The van der Waals surface area contributed by atoms with Crippen LogP contribution < -0.4 is 0 Å². The molecule has 0 aliphatic carbocycles. The third-order valence-electron chi connectivity index (χ3n) is 0. The molecule has 0 aromatic rings. The molecule has 0 aliphatic heterocycles. The summed E-state index contributed by atoms with van der Waals surface area (Å²) in [6, 6.07) is 0. The standard InChI is InChI=1S/Co.La.Mn.H2O.Sr.2H/h;;;1H2;;;/q;;;;+2;2*-1. The molecular formula is H4CoLaMnOSr. The maximum Gasteiger partial charge on any atom is 2.00 e. The Hall–Kier alpha value is 3.66. The first kappa shape index (κ1) is 37.9. The molecule has 0 fully saturated rings. The largest absolute Gasteiger partial charge is 2.00 e. The average molecular weight is 360 g/mol. The van der Waals surface area contributed by atoms with E-state index >= 15 is 0 Å². The first-order chi connectivity index (χ1) is 0. The Morgan fingerprint density at radius 2 is 1.20 bits per heavy atom. The Kier molecular flexibility index (Phi) is 192. The van der Waals surface area contributed by atoms with Gasteiger partial charge in [0, 0.05) is 69.4 Å². The van der Waals surface area contributed by atoms with Crippen molar-refractivity contribution in [2.45, 2.75) is 0 Å². The zero-order chi connectivity index (χ0) is 0. The second-order valence-corrected chi connectivity index (χ2v) is 0. The van der Waals surface area contributed by atoms with Gasteiger partial charge in [-0.2, -0.15) is 0 Å². The monoisotopic (exact) mass is 361 g/mol. The quantitative estimate of drug-likeness (QED) is 0.497. The van der Waals surface area contributed by atoms with Crippen LogP contribution >= 0.6 is 0 Å². The topological polar surface area (TPSA) is 31.5 Å². The molecule has 5 heteroatoms. The van der Waals surface area contributed by atoms with Crippen LogP contribution in [0.25, 0.3) is 0 Å². The van der Waals surface area contributed by atoms with Gasteiger partial charge in [-0.1, -0.05) is 0 Å². The van der Waals surface area contributed by atoms with E-state index in [0.29, 0.717) is 0 Å². The molecule has 0 atom stereocenters. The van der Waals surface area contributed by atoms with Gasteiger partial charge in [0.15, 0.2) is 0 Å². The maximum absolute atomic E-state index is 0. The average Bonchev–Trinajstić information content (AvgIpc) is 0. The molecule has 5 heavy (non-hydrogen) atoms. The summed E-state index contributed by atoms with van der Waals surface area (Å²) in [5.41, 5.74) is 0. The Bertz CT molecular complexity index is 17.7. The minimum absolute atomic E-state index is 0. The van der Waals surface area contributed by atoms with Gasteiger partial charge in [-0.3, -0.25) is 0 Å². The predicted molar refractivity (Wildman–Crippen MR) is 11.6 cm³/mol. The summed E-state index contributed by atoms with van der Waals surface area (Å²) in [6.45, 7) is 0. The third-order valence-corrected chi connectivity index (χ3v) is 0. The van der Waals surface area contributed by atoms with E-state index in [2.05, 4.69) is 0 Å². The molecule has 0 heterocycles. The van der Waals surface area contributed by atoms with E-state index in [1.165, 1.54) is 0 Å². The maximum atomic E-state index is 0. The van der Waals surface area contributed by atoms with Crippen LogP contribution in [-0.2, 0) is 33.8 Å². The molecule has 0 bridgehead atoms. The predicted octanol–water partition coefficient (Wildman–Crippen LogP) is -0.986. The van der Waals surface area contributed by atoms with Crippen molar-refractivity contribution < 1.29 is 77.8 Å². The van der Waals surface area contributed by atoms with E-state index in [4.69, 9.17) is 0 Å². The summed E-state index contributed by atoms with van der Waals surface area (Å²) in [4.78, 5) is 0. The van der Waals surface area contributed by atoms with Gasteiger partial charge in [0.05, 0.1) is 0 Å². The van der Waals surface area contributed by atoms with E-state index in [0.717, 1.165) is 0 Å². The Balaban J connectivity index is 0. The second kappa shape index (κ2) is 25.4. The van der Waals surface area contributed by atoms with Gasteiger partial charge in [-0.05, 0) is 0 Å². The van der Waals surface area contributed by atoms with Gasteiger partial charge in [-0.25, -0.2) is 0 Å². The van der Waals surface area contributed by atoms with Crippen molar-refractivity contribution in [1.82, 2.24) is 0 Å². The molecule has 3 radical (unpaired) electrons. The minimum atomic E-state index is 0. The Labute approximate surface area is 120 Å². The molecule has 0 saturated heterocycles. The van der Waals surface area contributed by atoms with E-state index in [1.54, 1.807) is 0 Å². The van der Waals surface area contributed by atoms with Crippen LogP contribution in [0.4, 0.5) is 0 Å². The Morgan fingerprint density at radius 3 is 1.20 bits per heavy atom. The first-order valence-electron chi connectivity index (χ1n) is 0. The van der Waals surface area contributed by atoms with Crippen molar-refractivity contribution in [2.24, 2.45) is 0 Å². The van der Waals surface area contributed by atoms with Crippen LogP contribution in [0.5, 0.6) is 0 Å². The van der Waals surface area contributed by atoms with Crippen LogP contribution in [0, 0.1) is 35.6 Å². The molecule has 0 aromatic heterocycles. The van der Waals surface area contributed by atoms with Crippen molar-refractivity contribution in [3.63, 3.8) is 0 Å². The van der Waals surface area contributed by atoms with Crippen LogP contribution in [0.3, 0.4) is 0 Å². The zero-order valence-corrected chi connectivity index (χ0v) is 11.8. The van der Waals surface area contributed by atoms with Crippen molar-refractivity contribution >= 4 is 45.5 Å². The van der Waals surface area contributed by atoms with Crippen LogP contribution in [0.15, 0.2) is 0 Å². The minimum Gasteiger partial charge on any atom is -1.00 e. The molecule has 1 nitrogen and oxygen atoms in total. The molecule has 0 unspecified atom stereocenters. The van der Waals surface area contributed by atoms with Crippen molar-refractivity contribution in [3.8, 4) is 0 Å². The molecule has 31 valence electrons. The van der Waals surface area contributed by atoms with Gasteiger partial charge in [0.2, 0.25) is 0 Å². The molecule has 0 amide bonds. The van der Waals surface area contributed by atoms with Gasteiger partial charge in [0.25, 0.3) is 0 Å². The molecule has 0 aliphatic rings. The molecule has 0 spiro atoms. The third kappa shape index (κ3) is 18.3. The number of hydrogen-bond donors (Lipinski definition) is 0. The molecule has 0 aromatic carbocycles. The van der Waals surface area contributed by atoms with Crippen molar-refractivity contribution in [3.05, 3.63) is 0 Å². The smallest absolute Gasteiger partial charge is 1.00 e. The van der Waals surface area contributed by atoms with E-state index in [1.807, 2.05) is 0 Å². The fourth-order valence-electron chi connectivity index (χ4n) is 0. The summed E-state index contributed by atoms with van der Waals surface area (Å²) < 4.78 is 0. The van der Waals surface area contributed by atoms with E-state index in [9.17, 15) is 0 Å². The fraction of sp³-hybridized carbons (Fsp3) is 0. The van der Waals surface area contributed by atoms with Gasteiger partial charge < -0.3 is 8.33 Å². The normalized spacial score (nSPS) is 0. The van der Waals surface area contributed by atoms with Gasteiger partial charge in [0.1, 0.15) is 0 Å². The number of rotatable bonds is 0. The van der Waals surface area contributed by atoms with Crippen molar-refractivity contribution in [1.29, 1.82) is 0 Å². The Morgan fingerprint density at radius 1 is 1.20 bits per heavy atom. The van der Waals surface area contributed by atoms with Crippen LogP contribution in [-0.4, -0.2) is 51.0 Å². The summed E-state index contributed by atoms with van der Waals surface area (Å²) >= 11 is 0. The second-order valence-electron chi connectivity index (χ2n) is 0. The molecule has 0 saturated carbocycles. The summed E-state index contributed by atoms with van der Waals surface area (Å²) in [5.74, 6) is 0. The molecular weight excluding hydrogens is 356 g/mol. The first-order valence-corrected chi connectivity index (χ1v) is 0. The zero-order valence-electron chi connectivity index (χ0n) is 4.50. The summed E-state index contributed by atoms with van der Waals surface area (Å²) in [5, 5.41) is 0. The number of hydrogen-bond acceptors (Lipinski definition) is 0. The summed E-state index contributed by atoms with van der Waals surface area (Å²) in [6.07, 6.45) is 0. The summed E-state index contributed by atoms with van der Waals surface area (Å²) in [7, 11) is 0. The molecule has 0 rings (SSSR count). The van der Waals surface area contributed by atoms with Gasteiger partial charge in [-0.15, -0.1) is 0 Å². The fourth-order valence-corrected chi connectivity index (χ4v) is 0. The van der Waals surface area contributed by atoms with Crippen molar-refractivity contribution in [2.75, 3.05) is 0 Å².